The molecule has 1 atom stereocenters. The number of nitrogens with one attached hydrogen (secondary N) is 2. The highest BCUT2D eigenvalue weighted by molar-refractivity contribution is 6.30. The standard InChI is InChI=1S/C12H13ClN2O2/c13-9-3-1-2-8(6-9)12(17)15-10-4-5-11(16)14-7-10/h1-3,6,10H,4-5,7H2,(H,14,16)(H,15,17). The normalized spacial score (nSPS) is 19.6. The van der Waals surface area contributed by atoms with Gasteiger partial charge in [0.05, 0.1) is 0 Å². The second kappa shape index (κ2) is 5.19. The molecule has 17 heavy (non-hydrogen) atoms. The van der Waals surface area contributed by atoms with Gasteiger partial charge < -0.3 is 10.6 Å². The first-order chi connectivity index (χ1) is 8.15. The van der Waals surface area contributed by atoms with Crippen LogP contribution in [0.2, 0.25) is 5.02 Å². The zero-order chi connectivity index (χ0) is 12.3. The van der Waals surface area contributed by atoms with E-state index in [0.717, 1.165) is 0 Å². The summed E-state index contributed by atoms with van der Waals surface area (Å²) < 4.78 is 0. The second-order valence-electron chi connectivity index (χ2n) is 4.02. The van der Waals surface area contributed by atoms with E-state index < -0.39 is 0 Å². The Morgan fingerprint density at radius 3 is 2.94 bits per heavy atom. The molecule has 1 unspecified atom stereocenters. The number of halogens is 1. The minimum Gasteiger partial charge on any atom is -0.354 e. The van der Waals surface area contributed by atoms with Gasteiger partial charge in [-0.1, -0.05) is 17.7 Å². The Balaban J connectivity index is 1.95. The summed E-state index contributed by atoms with van der Waals surface area (Å²) in [5.41, 5.74) is 0.536. The third kappa shape index (κ3) is 3.20. The van der Waals surface area contributed by atoms with Gasteiger partial charge in [-0.25, -0.2) is 0 Å². The summed E-state index contributed by atoms with van der Waals surface area (Å²) in [6.07, 6.45) is 1.14. The third-order valence-corrected chi connectivity index (χ3v) is 2.92. The number of piperidine rings is 1. The van der Waals surface area contributed by atoms with Gasteiger partial charge >= 0.3 is 0 Å². The molecule has 1 heterocycles. The molecule has 1 aromatic rings. The molecule has 2 rings (SSSR count). The number of hydrogen-bond donors (Lipinski definition) is 2. The van der Waals surface area contributed by atoms with Crippen LogP contribution in [0, 0.1) is 0 Å². The summed E-state index contributed by atoms with van der Waals surface area (Å²) >= 11 is 5.81. The molecule has 0 aromatic heterocycles. The predicted molar refractivity (Wildman–Crippen MR) is 64.9 cm³/mol. The zero-order valence-electron chi connectivity index (χ0n) is 9.20. The lowest BCUT2D eigenvalue weighted by atomic mass is 10.1. The number of hydrogen-bond acceptors (Lipinski definition) is 2. The molecule has 4 nitrogen and oxygen atoms in total. The number of carbonyl (C=O) groups is 2. The van der Waals surface area contributed by atoms with Crippen molar-refractivity contribution < 1.29 is 9.59 Å². The summed E-state index contributed by atoms with van der Waals surface area (Å²) in [5.74, 6) is -0.119. The fraction of sp³-hybridized carbons (Fsp3) is 0.333. The Bertz CT molecular complexity index is 438. The van der Waals surface area contributed by atoms with E-state index in [1.165, 1.54) is 0 Å². The third-order valence-electron chi connectivity index (χ3n) is 2.69. The van der Waals surface area contributed by atoms with Gasteiger partial charge in [0.2, 0.25) is 5.91 Å². The fourth-order valence-corrected chi connectivity index (χ4v) is 1.94. The lowest BCUT2D eigenvalue weighted by Gasteiger charge is -2.23. The highest BCUT2D eigenvalue weighted by atomic mass is 35.5. The van der Waals surface area contributed by atoms with Gasteiger partial charge in [0, 0.05) is 29.6 Å². The lowest BCUT2D eigenvalue weighted by Crippen LogP contribution is -2.47. The van der Waals surface area contributed by atoms with Crippen LogP contribution >= 0.6 is 11.6 Å². The van der Waals surface area contributed by atoms with Crippen molar-refractivity contribution >= 4 is 23.4 Å². The summed E-state index contributed by atoms with van der Waals surface area (Å²) in [6.45, 7) is 0.491. The molecule has 2 amide bonds. The zero-order valence-corrected chi connectivity index (χ0v) is 9.96. The molecule has 90 valence electrons. The maximum Gasteiger partial charge on any atom is 0.251 e. The van der Waals surface area contributed by atoms with E-state index in [9.17, 15) is 9.59 Å². The average molecular weight is 253 g/mol. The number of carbonyl (C=O) groups excluding carboxylic acids is 2. The summed E-state index contributed by atoms with van der Waals surface area (Å²) in [5, 5.41) is 6.13. The van der Waals surface area contributed by atoms with Crippen LogP contribution in [0.5, 0.6) is 0 Å². The van der Waals surface area contributed by atoms with E-state index in [2.05, 4.69) is 10.6 Å². The van der Waals surface area contributed by atoms with Crippen LogP contribution in [0.15, 0.2) is 24.3 Å². The van der Waals surface area contributed by atoms with Gasteiger partial charge in [0.15, 0.2) is 0 Å². The maximum atomic E-state index is 11.9. The first-order valence-electron chi connectivity index (χ1n) is 5.48. The van der Waals surface area contributed by atoms with E-state index in [4.69, 9.17) is 11.6 Å². The van der Waals surface area contributed by atoms with Crippen molar-refractivity contribution in [2.24, 2.45) is 0 Å². The van der Waals surface area contributed by atoms with Crippen LogP contribution in [-0.4, -0.2) is 24.4 Å². The fourth-order valence-electron chi connectivity index (χ4n) is 1.75. The SMILES string of the molecule is O=C1CCC(NC(=O)c2cccc(Cl)c2)CN1. The first kappa shape index (κ1) is 11.9. The largest absolute Gasteiger partial charge is 0.354 e. The van der Waals surface area contributed by atoms with Crippen molar-refractivity contribution in [3.05, 3.63) is 34.9 Å². The Morgan fingerprint density at radius 1 is 1.47 bits per heavy atom. The molecule has 0 saturated carbocycles. The Hall–Kier alpha value is -1.55. The maximum absolute atomic E-state index is 11.9. The van der Waals surface area contributed by atoms with Gasteiger partial charge in [-0.05, 0) is 24.6 Å². The minimum atomic E-state index is -0.159. The molecule has 1 aliphatic rings. The molecule has 5 heteroatoms. The number of benzene rings is 1. The van der Waals surface area contributed by atoms with Crippen LogP contribution in [0.25, 0.3) is 0 Å². The Labute approximate surface area is 104 Å². The smallest absolute Gasteiger partial charge is 0.251 e. The molecule has 1 fully saturated rings. The quantitative estimate of drug-likeness (QED) is 0.835. The Morgan fingerprint density at radius 2 is 2.29 bits per heavy atom. The van der Waals surface area contributed by atoms with Crippen LogP contribution in [0.1, 0.15) is 23.2 Å². The number of amides is 2. The van der Waals surface area contributed by atoms with Crippen LogP contribution in [0.3, 0.4) is 0 Å². The highest BCUT2D eigenvalue weighted by Gasteiger charge is 2.20. The van der Waals surface area contributed by atoms with Gasteiger partial charge in [0.25, 0.3) is 5.91 Å². The molecule has 0 spiro atoms. The topological polar surface area (TPSA) is 58.2 Å². The van der Waals surface area contributed by atoms with E-state index in [1.54, 1.807) is 24.3 Å². The van der Waals surface area contributed by atoms with Gasteiger partial charge in [-0.3, -0.25) is 9.59 Å². The molecule has 1 saturated heterocycles. The van der Waals surface area contributed by atoms with Crippen molar-refractivity contribution in [2.75, 3.05) is 6.54 Å². The summed E-state index contributed by atoms with van der Waals surface area (Å²) in [7, 11) is 0. The van der Waals surface area contributed by atoms with E-state index in [-0.39, 0.29) is 17.9 Å². The van der Waals surface area contributed by atoms with Gasteiger partial charge in [0.1, 0.15) is 0 Å². The molecule has 0 bridgehead atoms. The molecule has 1 aliphatic heterocycles. The predicted octanol–water partition coefficient (Wildman–Crippen LogP) is 1.35. The second-order valence-corrected chi connectivity index (χ2v) is 4.46. The van der Waals surface area contributed by atoms with E-state index in [0.29, 0.717) is 30.0 Å². The van der Waals surface area contributed by atoms with Crippen molar-refractivity contribution in [3.8, 4) is 0 Å². The molecular formula is C12H13ClN2O2. The highest BCUT2D eigenvalue weighted by Crippen LogP contribution is 2.11. The lowest BCUT2D eigenvalue weighted by molar-refractivity contribution is -0.122. The van der Waals surface area contributed by atoms with Gasteiger partial charge in [-0.15, -0.1) is 0 Å². The summed E-state index contributed by atoms with van der Waals surface area (Å²) in [4.78, 5) is 22.8. The van der Waals surface area contributed by atoms with Crippen molar-refractivity contribution in [3.63, 3.8) is 0 Å². The van der Waals surface area contributed by atoms with Crippen LogP contribution in [-0.2, 0) is 4.79 Å². The van der Waals surface area contributed by atoms with Crippen molar-refractivity contribution in [1.29, 1.82) is 0 Å². The van der Waals surface area contributed by atoms with Gasteiger partial charge in [-0.2, -0.15) is 0 Å². The monoisotopic (exact) mass is 252 g/mol. The summed E-state index contributed by atoms with van der Waals surface area (Å²) in [6, 6.07) is 6.79. The molecule has 1 aromatic carbocycles. The molecule has 2 N–H and O–H groups in total. The first-order valence-corrected chi connectivity index (χ1v) is 5.86. The molecule has 0 aliphatic carbocycles. The van der Waals surface area contributed by atoms with Crippen LogP contribution in [0.4, 0.5) is 0 Å². The van der Waals surface area contributed by atoms with E-state index in [1.807, 2.05) is 0 Å². The Kier molecular flexibility index (Phi) is 3.64. The molecule has 0 radical (unpaired) electrons. The minimum absolute atomic E-state index is 0.000758. The number of rotatable bonds is 2. The van der Waals surface area contributed by atoms with Crippen molar-refractivity contribution in [1.82, 2.24) is 10.6 Å². The average Bonchev–Trinajstić information content (AvgIpc) is 2.32. The molecular weight excluding hydrogens is 240 g/mol. The van der Waals surface area contributed by atoms with E-state index >= 15 is 0 Å². The van der Waals surface area contributed by atoms with Crippen LogP contribution < -0.4 is 10.6 Å². The van der Waals surface area contributed by atoms with Crippen molar-refractivity contribution in [2.45, 2.75) is 18.9 Å².